The summed E-state index contributed by atoms with van der Waals surface area (Å²) in [6.07, 6.45) is 6.35. The second kappa shape index (κ2) is 9.87. The van der Waals surface area contributed by atoms with Gasteiger partial charge in [0.25, 0.3) is 11.8 Å². The van der Waals surface area contributed by atoms with Crippen molar-refractivity contribution in [1.29, 1.82) is 0 Å². The number of rotatable bonds is 8. The normalized spacial score (nSPS) is 20.2. The van der Waals surface area contributed by atoms with E-state index in [1.807, 2.05) is 31.2 Å². The number of carbonyl (C=O) groups excluding carboxylic acids is 3. The summed E-state index contributed by atoms with van der Waals surface area (Å²) in [7, 11) is 1.60. The molecule has 182 valence electrons. The Balaban J connectivity index is 1.53. The SMILES string of the molecule is CCCN1C(=O)c2c(C(=O)NCc3ccc(OC)cc3)ncn2C[C@@]1(C)C(=O)NC1CCCC1. The summed E-state index contributed by atoms with van der Waals surface area (Å²) in [6.45, 7) is 4.74. The molecule has 1 aromatic heterocycles. The molecular formula is C25H33N5O4. The first-order valence-electron chi connectivity index (χ1n) is 12.0. The Bertz CT molecular complexity index is 1060. The highest BCUT2D eigenvalue weighted by molar-refractivity contribution is 6.07. The molecule has 2 aromatic rings. The van der Waals surface area contributed by atoms with Crippen LogP contribution in [0.4, 0.5) is 0 Å². The van der Waals surface area contributed by atoms with Crippen molar-refractivity contribution in [3.8, 4) is 5.75 Å². The minimum absolute atomic E-state index is 0.0814. The zero-order chi connectivity index (χ0) is 24.3. The first-order chi connectivity index (χ1) is 16.4. The van der Waals surface area contributed by atoms with E-state index in [9.17, 15) is 14.4 Å². The van der Waals surface area contributed by atoms with E-state index >= 15 is 0 Å². The average Bonchev–Trinajstić information content (AvgIpc) is 3.50. The van der Waals surface area contributed by atoms with Crippen LogP contribution in [-0.4, -0.2) is 57.4 Å². The largest absolute Gasteiger partial charge is 0.497 e. The number of nitrogens with one attached hydrogen (secondary N) is 2. The fourth-order valence-corrected chi connectivity index (χ4v) is 4.85. The van der Waals surface area contributed by atoms with E-state index in [4.69, 9.17) is 4.74 Å². The minimum atomic E-state index is -1.04. The van der Waals surface area contributed by atoms with Gasteiger partial charge in [0.05, 0.1) is 20.0 Å². The quantitative estimate of drug-likeness (QED) is 0.621. The maximum absolute atomic E-state index is 13.6. The summed E-state index contributed by atoms with van der Waals surface area (Å²) in [4.78, 5) is 45.7. The highest BCUT2D eigenvalue weighted by Gasteiger charge is 2.48. The first kappa shape index (κ1) is 23.8. The Hall–Kier alpha value is -3.36. The van der Waals surface area contributed by atoms with Crippen LogP contribution in [0.2, 0.25) is 0 Å². The Morgan fingerprint density at radius 2 is 1.91 bits per heavy atom. The molecule has 1 aliphatic carbocycles. The molecular weight excluding hydrogens is 434 g/mol. The van der Waals surface area contributed by atoms with E-state index in [1.165, 1.54) is 6.33 Å². The molecule has 9 heteroatoms. The van der Waals surface area contributed by atoms with Crippen LogP contribution >= 0.6 is 0 Å². The highest BCUT2D eigenvalue weighted by atomic mass is 16.5. The number of benzene rings is 1. The van der Waals surface area contributed by atoms with Gasteiger partial charge in [0.15, 0.2) is 5.69 Å². The van der Waals surface area contributed by atoms with Crippen LogP contribution in [0.15, 0.2) is 30.6 Å². The van der Waals surface area contributed by atoms with Crippen molar-refractivity contribution in [3.63, 3.8) is 0 Å². The van der Waals surface area contributed by atoms with Gasteiger partial charge >= 0.3 is 0 Å². The number of imidazole rings is 1. The van der Waals surface area contributed by atoms with Crippen LogP contribution < -0.4 is 15.4 Å². The number of ether oxygens (including phenoxy) is 1. The fourth-order valence-electron chi connectivity index (χ4n) is 4.85. The standard InChI is InChI=1S/C25H33N5O4/c1-4-13-30-23(32)21-20(22(31)26-14-17-9-11-19(34-3)12-10-17)27-16-29(21)15-25(30,2)24(33)28-18-7-5-6-8-18/h9-12,16,18H,4-8,13-15H2,1-3H3,(H,26,31)(H,28,33)/t25-/m0/s1. The van der Waals surface area contributed by atoms with Gasteiger partial charge in [-0.25, -0.2) is 4.98 Å². The molecule has 0 radical (unpaired) electrons. The number of hydrogen-bond donors (Lipinski definition) is 2. The molecule has 34 heavy (non-hydrogen) atoms. The highest BCUT2D eigenvalue weighted by Crippen LogP contribution is 2.30. The van der Waals surface area contributed by atoms with Gasteiger partial charge in [-0.1, -0.05) is 31.9 Å². The molecule has 0 unspecified atom stereocenters. The minimum Gasteiger partial charge on any atom is -0.497 e. The summed E-state index contributed by atoms with van der Waals surface area (Å²) in [5, 5.41) is 5.99. The topological polar surface area (TPSA) is 106 Å². The average molecular weight is 468 g/mol. The molecule has 3 amide bonds. The fraction of sp³-hybridized carbons (Fsp3) is 0.520. The Kier molecular flexibility index (Phi) is 6.90. The summed E-state index contributed by atoms with van der Waals surface area (Å²) in [6, 6.07) is 7.54. The summed E-state index contributed by atoms with van der Waals surface area (Å²) in [5.74, 6) is -0.177. The van der Waals surface area contributed by atoms with Crippen LogP contribution in [0.5, 0.6) is 5.75 Å². The van der Waals surface area contributed by atoms with Crippen LogP contribution in [0.1, 0.15) is 72.5 Å². The molecule has 2 aliphatic rings. The van der Waals surface area contributed by atoms with E-state index in [1.54, 1.807) is 23.5 Å². The molecule has 0 bridgehead atoms. The lowest BCUT2D eigenvalue weighted by molar-refractivity contribution is -0.133. The number of nitrogens with zero attached hydrogens (tertiary/aromatic N) is 3. The van der Waals surface area contributed by atoms with Crippen LogP contribution in [0.25, 0.3) is 0 Å². The zero-order valence-corrected chi connectivity index (χ0v) is 20.1. The monoisotopic (exact) mass is 467 g/mol. The lowest BCUT2D eigenvalue weighted by Gasteiger charge is -2.44. The van der Waals surface area contributed by atoms with Gasteiger partial charge < -0.3 is 24.8 Å². The maximum Gasteiger partial charge on any atom is 0.273 e. The number of aromatic nitrogens is 2. The van der Waals surface area contributed by atoms with Gasteiger partial charge in [0.1, 0.15) is 17.0 Å². The third-order valence-electron chi connectivity index (χ3n) is 6.81. The third-order valence-corrected chi connectivity index (χ3v) is 6.81. The van der Waals surface area contributed by atoms with Crippen molar-refractivity contribution in [3.05, 3.63) is 47.5 Å². The van der Waals surface area contributed by atoms with Gasteiger partial charge in [0.2, 0.25) is 5.91 Å². The van der Waals surface area contributed by atoms with E-state index in [0.29, 0.717) is 19.5 Å². The predicted molar refractivity (Wildman–Crippen MR) is 127 cm³/mol. The summed E-state index contributed by atoms with van der Waals surface area (Å²) < 4.78 is 6.80. The van der Waals surface area contributed by atoms with Crippen molar-refractivity contribution in [2.45, 2.75) is 70.6 Å². The van der Waals surface area contributed by atoms with Gasteiger partial charge in [-0.2, -0.15) is 0 Å². The molecule has 1 aliphatic heterocycles. The van der Waals surface area contributed by atoms with Gasteiger partial charge in [-0.3, -0.25) is 14.4 Å². The smallest absolute Gasteiger partial charge is 0.273 e. The number of carbonyl (C=O) groups is 3. The molecule has 1 atom stereocenters. The van der Waals surface area contributed by atoms with Gasteiger partial charge in [-0.05, 0) is 43.9 Å². The molecule has 2 N–H and O–H groups in total. The molecule has 4 rings (SSSR count). The Labute approximate surface area is 199 Å². The molecule has 1 fully saturated rings. The lowest BCUT2D eigenvalue weighted by atomic mass is 9.93. The molecule has 1 aromatic carbocycles. The predicted octanol–water partition coefficient (Wildman–Crippen LogP) is 2.51. The lowest BCUT2D eigenvalue weighted by Crippen LogP contribution is -2.65. The molecule has 2 heterocycles. The van der Waals surface area contributed by atoms with E-state index in [-0.39, 0.29) is 35.8 Å². The van der Waals surface area contributed by atoms with Gasteiger partial charge in [-0.15, -0.1) is 0 Å². The molecule has 0 saturated heterocycles. The molecule has 1 saturated carbocycles. The third kappa shape index (κ3) is 4.51. The number of methoxy groups -OCH3 is 1. The number of fused-ring (bicyclic) bond motifs is 1. The zero-order valence-electron chi connectivity index (χ0n) is 20.1. The van der Waals surface area contributed by atoms with Crippen molar-refractivity contribution in [2.24, 2.45) is 0 Å². The second-order valence-electron chi connectivity index (χ2n) is 9.29. The van der Waals surface area contributed by atoms with Crippen molar-refractivity contribution in [1.82, 2.24) is 25.1 Å². The van der Waals surface area contributed by atoms with E-state index < -0.39 is 11.4 Å². The molecule has 9 nitrogen and oxygen atoms in total. The summed E-state index contributed by atoms with van der Waals surface area (Å²) >= 11 is 0. The first-order valence-corrected chi connectivity index (χ1v) is 12.0. The molecule has 0 spiro atoms. The maximum atomic E-state index is 13.6. The number of hydrogen-bond acceptors (Lipinski definition) is 5. The van der Waals surface area contributed by atoms with Crippen LogP contribution in [0, 0.1) is 0 Å². The van der Waals surface area contributed by atoms with Crippen molar-refractivity contribution in [2.75, 3.05) is 13.7 Å². The second-order valence-corrected chi connectivity index (χ2v) is 9.29. The Morgan fingerprint density at radius 3 is 2.56 bits per heavy atom. The van der Waals surface area contributed by atoms with Crippen LogP contribution in [0.3, 0.4) is 0 Å². The van der Waals surface area contributed by atoms with Crippen LogP contribution in [-0.2, 0) is 17.9 Å². The summed E-state index contributed by atoms with van der Waals surface area (Å²) in [5.41, 5.74) is 0.169. The Morgan fingerprint density at radius 1 is 1.21 bits per heavy atom. The van der Waals surface area contributed by atoms with Crippen molar-refractivity contribution < 1.29 is 19.1 Å². The van der Waals surface area contributed by atoms with Gasteiger partial charge in [0, 0.05) is 19.1 Å². The van der Waals surface area contributed by atoms with E-state index in [0.717, 1.165) is 37.0 Å². The van der Waals surface area contributed by atoms with Crippen molar-refractivity contribution >= 4 is 17.7 Å². The number of amides is 3. The van der Waals surface area contributed by atoms with E-state index in [2.05, 4.69) is 15.6 Å².